The second-order valence-corrected chi connectivity index (χ2v) is 6.19. The lowest BCUT2D eigenvalue weighted by Gasteiger charge is -2.26. The fraction of sp³-hybridized carbons (Fsp3) is 0.150. The molecule has 2 aromatic rings. The smallest absolute Gasteiger partial charge is 0.251 e. The number of allylic oxidation sites excluding steroid dienone is 2. The van der Waals surface area contributed by atoms with E-state index in [1.165, 1.54) is 0 Å². The molecule has 0 aliphatic carbocycles. The number of nitrogens with one attached hydrogen (secondary N) is 4. The van der Waals surface area contributed by atoms with Crippen LogP contribution in [0, 0.1) is 0 Å². The first kappa shape index (κ1) is 16.2. The maximum atomic E-state index is 12.2. The molecule has 2 aliphatic heterocycles. The average Bonchev–Trinajstić information content (AvgIpc) is 2.66. The maximum absolute atomic E-state index is 12.2. The van der Waals surface area contributed by atoms with Gasteiger partial charge in [-0.15, -0.1) is 0 Å². The molecule has 2 heterocycles. The molecule has 1 saturated heterocycles. The second-order valence-electron chi connectivity index (χ2n) is 6.19. The van der Waals surface area contributed by atoms with Gasteiger partial charge in [0.1, 0.15) is 5.82 Å². The molecular weight excluding hydrogens is 328 g/mol. The van der Waals surface area contributed by atoms with Crippen molar-refractivity contribution in [2.45, 2.75) is 6.04 Å². The minimum atomic E-state index is -0.0862. The van der Waals surface area contributed by atoms with Gasteiger partial charge in [0, 0.05) is 11.3 Å². The monoisotopic (exact) mass is 348 g/mol. The van der Waals surface area contributed by atoms with Crippen molar-refractivity contribution < 1.29 is 9.53 Å². The molecule has 6 nitrogen and oxygen atoms in total. The third-order valence-electron chi connectivity index (χ3n) is 4.21. The van der Waals surface area contributed by atoms with Crippen molar-refractivity contribution in [3.8, 4) is 0 Å². The normalized spacial score (nSPS) is 16.3. The van der Waals surface area contributed by atoms with E-state index < -0.39 is 0 Å². The highest BCUT2D eigenvalue weighted by atomic mass is 16.5. The molecule has 2 aromatic carbocycles. The number of rotatable bonds is 5. The van der Waals surface area contributed by atoms with Crippen molar-refractivity contribution in [2.75, 3.05) is 18.5 Å². The van der Waals surface area contributed by atoms with Crippen LogP contribution in [0.5, 0.6) is 0 Å². The van der Waals surface area contributed by atoms with Crippen LogP contribution in [0.25, 0.3) is 5.70 Å². The molecular formula is C20H20N4O2. The van der Waals surface area contributed by atoms with E-state index >= 15 is 0 Å². The van der Waals surface area contributed by atoms with Crippen LogP contribution in [-0.4, -0.2) is 25.2 Å². The Morgan fingerprint density at radius 1 is 1.00 bits per heavy atom. The van der Waals surface area contributed by atoms with E-state index in [-0.39, 0.29) is 11.9 Å². The Morgan fingerprint density at radius 3 is 2.54 bits per heavy atom. The Morgan fingerprint density at radius 2 is 1.85 bits per heavy atom. The summed E-state index contributed by atoms with van der Waals surface area (Å²) in [6, 6.07) is 17.6. The number of anilines is 1. The van der Waals surface area contributed by atoms with Crippen LogP contribution < -0.4 is 21.5 Å². The zero-order valence-corrected chi connectivity index (χ0v) is 14.2. The minimum Gasteiger partial charge on any atom is -0.377 e. The third kappa shape index (κ3) is 3.70. The molecule has 0 unspecified atom stereocenters. The van der Waals surface area contributed by atoms with Gasteiger partial charge in [0.15, 0.2) is 0 Å². The Balaban J connectivity index is 1.43. The largest absolute Gasteiger partial charge is 0.377 e. The summed E-state index contributed by atoms with van der Waals surface area (Å²) < 4.78 is 5.08. The highest BCUT2D eigenvalue weighted by Gasteiger charge is 2.21. The summed E-state index contributed by atoms with van der Waals surface area (Å²) in [4.78, 5) is 12.2. The summed E-state index contributed by atoms with van der Waals surface area (Å²) in [5, 5.41) is 6.21. The molecule has 1 fully saturated rings. The SMILES string of the molecule is O=C(NC1COC1)c1cccc(NC2=CC=C(c3ccccc3)NN2)c1. The lowest BCUT2D eigenvalue weighted by atomic mass is 10.1. The number of carbonyl (C=O) groups is 1. The Kier molecular flexibility index (Phi) is 4.57. The predicted molar refractivity (Wildman–Crippen MR) is 101 cm³/mol. The molecule has 1 amide bonds. The van der Waals surface area contributed by atoms with Gasteiger partial charge in [-0.3, -0.25) is 15.6 Å². The second kappa shape index (κ2) is 7.33. The lowest BCUT2D eigenvalue weighted by molar-refractivity contribution is -0.00346. The molecule has 0 atom stereocenters. The van der Waals surface area contributed by atoms with Crippen LogP contribution >= 0.6 is 0 Å². The molecule has 4 N–H and O–H groups in total. The molecule has 0 saturated carbocycles. The zero-order chi connectivity index (χ0) is 17.8. The first-order valence-electron chi connectivity index (χ1n) is 8.53. The van der Waals surface area contributed by atoms with Gasteiger partial charge in [-0.2, -0.15) is 0 Å². The Bertz CT molecular complexity index is 857. The maximum Gasteiger partial charge on any atom is 0.251 e. The predicted octanol–water partition coefficient (Wildman–Crippen LogP) is 2.22. The van der Waals surface area contributed by atoms with Gasteiger partial charge in [0.2, 0.25) is 0 Å². The van der Waals surface area contributed by atoms with Crippen molar-refractivity contribution in [1.29, 1.82) is 0 Å². The average molecular weight is 348 g/mol. The van der Waals surface area contributed by atoms with Crippen LogP contribution in [0.4, 0.5) is 5.69 Å². The quantitative estimate of drug-likeness (QED) is 0.667. The minimum absolute atomic E-state index is 0.0862. The molecule has 132 valence electrons. The molecule has 0 radical (unpaired) electrons. The molecule has 0 spiro atoms. The summed E-state index contributed by atoms with van der Waals surface area (Å²) in [5.41, 5.74) is 9.85. The van der Waals surface area contributed by atoms with Gasteiger partial charge in [0.05, 0.1) is 25.0 Å². The standard InChI is InChI=1S/C20H20N4O2/c25-20(22-17-12-26-13-17)15-7-4-8-16(11-15)21-19-10-9-18(23-24-19)14-5-2-1-3-6-14/h1-11,17,21,23-24H,12-13H2,(H,22,25). The number of hydrogen-bond acceptors (Lipinski definition) is 5. The van der Waals surface area contributed by atoms with Crippen molar-refractivity contribution >= 4 is 17.3 Å². The van der Waals surface area contributed by atoms with Gasteiger partial charge in [-0.25, -0.2) is 0 Å². The zero-order valence-electron chi connectivity index (χ0n) is 14.2. The van der Waals surface area contributed by atoms with E-state index in [1.807, 2.05) is 60.7 Å². The van der Waals surface area contributed by atoms with Crippen LogP contribution in [-0.2, 0) is 4.74 Å². The highest BCUT2D eigenvalue weighted by molar-refractivity contribution is 5.95. The topological polar surface area (TPSA) is 74.4 Å². The fourth-order valence-electron chi connectivity index (χ4n) is 2.73. The van der Waals surface area contributed by atoms with E-state index in [4.69, 9.17) is 4.74 Å². The van der Waals surface area contributed by atoms with Crippen LogP contribution in [0.1, 0.15) is 15.9 Å². The van der Waals surface area contributed by atoms with E-state index in [2.05, 4.69) is 21.5 Å². The molecule has 0 aromatic heterocycles. The Hall–Kier alpha value is -3.25. The Labute approximate surface area is 151 Å². The van der Waals surface area contributed by atoms with Crippen LogP contribution in [0.15, 0.2) is 72.6 Å². The number of hydrazine groups is 1. The van der Waals surface area contributed by atoms with Crippen molar-refractivity contribution in [3.05, 3.63) is 83.7 Å². The summed E-state index contributed by atoms with van der Waals surface area (Å²) in [6.45, 7) is 1.17. The number of amides is 1. The highest BCUT2D eigenvalue weighted by Crippen LogP contribution is 2.16. The number of carbonyl (C=O) groups excluding carboxylic acids is 1. The van der Waals surface area contributed by atoms with Gasteiger partial charge >= 0.3 is 0 Å². The summed E-state index contributed by atoms with van der Waals surface area (Å²) in [6.07, 6.45) is 3.96. The van der Waals surface area contributed by atoms with Crippen molar-refractivity contribution in [1.82, 2.24) is 16.2 Å². The van der Waals surface area contributed by atoms with E-state index in [0.717, 1.165) is 22.8 Å². The van der Waals surface area contributed by atoms with Gasteiger partial charge in [-0.05, 0) is 35.9 Å². The fourth-order valence-corrected chi connectivity index (χ4v) is 2.73. The van der Waals surface area contributed by atoms with Gasteiger partial charge in [-0.1, -0.05) is 36.4 Å². The number of benzene rings is 2. The van der Waals surface area contributed by atoms with Gasteiger partial charge in [0.25, 0.3) is 5.91 Å². The van der Waals surface area contributed by atoms with Crippen molar-refractivity contribution in [2.24, 2.45) is 0 Å². The molecule has 2 aliphatic rings. The summed E-state index contributed by atoms with van der Waals surface area (Å²) in [7, 11) is 0. The lowest BCUT2D eigenvalue weighted by Crippen LogP contribution is -2.48. The van der Waals surface area contributed by atoms with Crippen LogP contribution in [0.3, 0.4) is 0 Å². The number of ether oxygens (including phenoxy) is 1. The van der Waals surface area contributed by atoms with E-state index in [1.54, 1.807) is 6.07 Å². The first-order chi connectivity index (χ1) is 12.8. The van der Waals surface area contributed by atoms with E-state index in [9.17, 15) is 4.79 Å². The van der Waals surface area contributed by atoms with Crippen molar-refractivity contribution in [3.63, 3.8) is 0 Å². The van der Waals surface area contributed by atoms with Crippen LogP contribution in [0.2, 0.25) is 0 Å². The van der Waals surface area contributed by atoms with Gasteiger partial charge < -0.3 is 15.4 Å². The van der Waals surface area contributed by atoms with E-state index in [0.29, 0.717) is 18.8 Å². The first-order valence-corrected chi connectivity index (χ1v) is 8.53. The summed E-state index contributed by atoms with van der Waals surface area (Å²) >= 11 is 0. The molecule has 0 bridgehead atoms. The molecule has 6 heteroatoms. The number of hydrogen-bond donors (Lipinski definition) is 4. The molecule has 4 rings (SSSR count). The summed E-state index contributed by atoms with van der Waals surface area (Å²) in [5.74, 6) is 0.714. The third-order valence-corrected chi connectivity index (χ3v) is 4.21. The molecule has 26 heavy (non-hydrogen) atoms.